The number of fused-ring (bicyclic) bond motifs is 2. The van der Waals surface area contributed by atoms with E-state index in [0.717, 1.165) is 35.7 Å². The number of benzene rings is 1. The zero-order valence-electron chi connectivity index (χ0n) is 22.4. The average molecular weight is 517 g/mol. The molecule has 1 aromatic carbocycles. The van der Waals surface area contributed by atoms with Crippen LogP contribution in [-0.4, -0.2) is 28.3 Å². The smallest absolute Gasteiger partial charge is 0.354 e. The number of nitrogens with one attached hydrogen (secondary N) is 2. The Bertz CT molecular complexity index is 1130. The number of rotatable bonds is 5. The second-order valence-corrected chi connectivity index (χ2v) is 13.0. The summed E-state index contributed by atoms with van der Waals surface area (Å²) < 4.78 is 41.4. The molecule has 1 aliphatic heterocycles. The predicted octanol–water partition coefficient (Wildman–Crippen LogP) is 6.03. The Morgan fingerprint density at radius 1 is 1.11 bits per heavy atom. The summed E-state index contributed by atoms with van der Waals surface area (Å²) in [5.41, 5.74) is 1.07. The Labute approximate surface area is 217 Å². The molecule has 4 aliphatic rings. The minimum atomic E-state index is -4.39. The van der Waals surface area contributed by atoms with Gasteiger partial charge in [0.15, 0.2) is 0 Å². The normalized spacial score (nSPS) is 31.1. The monoisotopic (exact) mass is 516 g/mol. The molecule has 0 radical (unpaired) electrons. The van der Waals surface area contributed by atoms with Crippen LogP contribution in [0.25, 0.3) is 0 Å². The maximum absolute atomic E-state index is 13.3. The van der Waals surface area contributed by atoms with Crippen molar-refractivity contribution in [3.8, 4) is 0 Å². The molecule has 4 fully saturated rings. The van der Waals surface area contributed by atoms with E-state index in [0.29, 0.717) is 30.2 Å². The Balaban J connectivity index is 1.33. The van der Waals surface area contributed by atoms with Gasteiger partial charge in [-0.1, -0.05) is 26.0 Å². The molecule has 8 heteroatoms. The predicted molar refractivity (Wildman–Crippen MR) is 137 cm³/mol. The van der Waals surface area contributed by atoms with Crippen LogP contribution in [0.15, 0.2) is 36.5 Å². The van der Waals surface area contributed by atoms with Gasteiger partial charge >= 0.3 is 6.18 Å². The molecule has 37 heavy (non-hydrogen) atoms. The fraction of sp³-hybridized carbons (Fsp3) is 0.655. The largest absolute Gasteiger partial charge is 0.416 e. The summed E-state index contributed by atoms with van der Waals surface area (Å²) >= 11 is 0. The van der Waals surface area contributed by atoms with E-state index in [9.17, 15) is 18.0 Å². The van der Waals surface area contributed by atoms with Gasteiger partial charge in [-0.05, 0) is 93.4 Å². The van der Waals surface area contributed by atoms with E-state index in [1.807, 2.05) is 16.9 Å². The Hall–Kier alpha value is -2.35. The highest BCUT2D eigenvalue weighted by Gasteiger charge is 2.54. The summed E-state index contributed by atoms with van der Waals surface area (Å²) in [6.45, 7) is 11.6. The van der Waals surface area contributed by atoms with Gasteiger partial charge in [-0.15, -0.1) is 0 Å². The van der Waals surface area contributed by atoms with Gasteiger partial charge < -0.3 is 5.32 Å². The number of carbonyl (C=O) groups is 1. The van der Waals surface area contributed by atoms with Gasteiger partial charge in [0.25, 0.3) is 0 Å². The van der Waals surface area contributed by atoms with Crippen molar-refractivity contribution >= 4 is 5.91 Å². The maximum Gasteiger partial charge on any atom is 0.416 e. The highest BCUT2D eigenvalue weighted by molar-refractivity contribution is 5.82. The number of halogens is 3. The number of nitrogens with zero attached hydrogens (tertiary/aromatic N) is 2. The molecule has 1 amide bonds. The van der Waals surface area contributed by atoms with Crippen molar-refractivity contribution in [2.75, 3.05) is 6.54 Å². The van der Waals surface area contributed by atoms with Crippen LogP contribution in [0.2, 0.25) is 0 Å². The van der Waals surface area contributed by atoms with Gasteiger partial charge in [-0.2, -0.15) is 18.3 Å². The first-order valence-electron chi connectivity index (χ1n) is 13.5. The Morgan fingerprint density at radius 2 is 1.81 bits per heavy atom. The van der Waals surface area contributed by atoms with Crippen LogP contribution in [-0.2, 0) is 16.5 Å². The lowest BCUT2D eigenvalue weighted by molar-refractivity contribution is -0.137. The molecule has 2 bridgehead atoms. The molecule has 2 N–H and O–H groups in total. The molecular weight excluding hydrogens is 477 g/mol. The molecule has 6 atom stereocenters. The molecule has 0 unspecified atom stereocenters. The van der Waals surface area contributed by atoms with Crippen molar-refractivity contribution in [1.82, 2.24) is 20.4 Å². The summed E-state index contributed by atoms with van der Waals surface area (Å²) in [4.78, 5) is 13.3. The van der Waals surface area contributed by atoms with Gasteiger partial charge in [0.1, 0.15) is 0 Å². The van der Waals surface area contributed by atoms with Crippen LogP contribution >= 0.6 is 0 Å². The maximum atomic E-state index is 13.3. The van der Waals surface area contributed by atoms with E-state index in [1.54, 1.807) is 0 Å². The molecular formula is C29H39F3N4O. The third kappa shape index (κ3) is 4.93. The number of hydrogen-bond acceptors (Lipinski definition) is 3. The lowest BCUT2D eigenvalue weighted by atomic mass is 9.45. The number of alkyl halides is 3. The molecule has 3 aliphatic carbocycles. The van der Waals surface area contributed by atoms with Gasteiger partial charge in [0.2, 0.25) is 5.91 Å². The minimum Gasteiger partial charge on any atom is -0.354 e. The summed E-state index contributed by atoms with van der Waals surface area (Å²) in [5.74, 6) is 1.83. The Kier molecular flexibility index (Phi) is 6.49. The second-order valence-electron chi connectivity index (χ2n) is 13.0. The minimum absolute atomic E-state index is 0.0334. The summed E-state index contributed by atoms with van der Waals surface area (Å²) in [6, 6.07) is 6.51. The van der Waals surface area contributed by atoms with Crippen LogP contribution in [0.1, 0.15) is 89.1 Å². The fourth-order valence-corrected chi connectivity index (χ4v) is 6.94. The molecule has 0 spiro atoms. The Morgan fingerprint density at radius 3 is 2.38 bits per heavy atom. The number of amides is 1. The van der Waals surface area contributed by atoms with E-state index >= 15 is 0 Å². The quantitative estimate of drug-likeness (QED) is 0.510. The lowest BCUT2D eigenvalue weighted by Crippen LogP contribution is -2.55. The third-order valence-corrected chi connectivity index (χ3v) is 9.40. The first kappa shape index (κ1) is 26.3. The highest BCUT2D eigenvalue weighted by atomic mass is 19.4. The van der Waals surface area contributed by atoms with Gasteiger partial charge in [0, 0.05) is 24.7 Å². The molecule has 6 rings (SSSR count). The first-order chi connectivity index (χ1) is 17.2. The molecule has 202 valence electrons. The molecule has 1 saturated heterocycles. The van der Waals surface area contributed by atoms with Crippen molar-refractivity contribution in [2.45, 2.75) is 90.0 Å². The number of hydrogen-bond donors (Lipinski definition) is 2. The molecule has 2 aromatic rings. The number of aromatic nitrogens is 2. The van der Waals surface area contributed by atoms with E-state index in [4.69, 9.17) is 5.10 Å². The number of carbonyl (C=O) groups excluding carboxylic acids is 1. The summed E-state index contributed by atoms with van der Waals surface area (Å²) in [7, 11) is 0. The SMILES string of the molecule is CC1(C)[C@H]2CC[C@@H](CNC(=O)[C@@H]3C[C@H](c4ccn(C(C)(C)C)n4)[C@H](c4ccc(C(F)(F)F)cc4)N3)[C@H]1C2. The fourth-order valence-electron chi connectivity index (χ4n) is 6.94. The van der Waals surface area contributed by atoms with Crippen molar-refractivity contribution in [2.24, 2.45) is 23.2 Å². The molecule has 3 saturated carbocycles. The zero-order valence-corrected chi connectivity index (χ0v) is 22.4. The third-order valence-electron chi connectivity index (χ3n) is 9.40. The van der Waals surface area contributed by atoms with E-state index in [-0.39, 0.29) is 23.4 Å². The van der Waals surface area contributed by atoms with Gasteiger partial charge in [-0.25, -0.2) is 0 Å². The highest BCUT2D eigenvalue weighted by Crippen LogP contribution is 2.61. The molecule has 2 heterocycles. The lowest BCUT2D eigenvalue weighted by Gasteiger charge is -2.60. The topological polar surface area (TPSA) is 59.0 Å². The van der Waals surface area contributed by atoms with Crippen LogP contribution in [0.5, 0.6) is 0 Å². The first-order valence-corrected chi connectivity index (χ1v) is 13.5. The second kappa shape index (κ2) is 9.14. The van der Waals surface area contributed by atoms with Crippen molar-refractivity contribution in [1.29, 1.82) is 0 Å². The van der Waals surface area contributed by atoms with Crippen LogP contribution in [0, 0.1) is 23.2 Å². The van der Waals surface area contributed by atoms with Crippen molar-refractivity contribution in [3.63, 3.8) is 0 Å². The van der Waals surface area contributed by atoms with Gasteiger partial charge in [-0.3, -0.25) is 14.8 Å². The van der Waals surface area contributed by atoms with Crippen LogP contribution in [0.4, 0.5) is 13.2 Å². The molecule has 5 nitrogen and oxygen atoms in total. The van der Waals surface area contributed by atoms with E-state index < -0.39 is 17.8 Å². The van der Waals surface area contributed by atoms with Gasteiger partial charge in [0.05, 0.1) is 22.8 Å². The van der Waals surface area contributed by atoms with Crippen LogP contribution < -0.4 is 10.6 Å². The zero-order chi connectivity index (χ0) is 26.8. The average Bonchev–Trinajstić information content (AvgIpc) is 3.50. The standard InChI is InChI=1S/C29H39F3N4O/c1-27(2,3)36-13-12-23(35-36)21-15-24(34-25(21)17-6-9-19(10-7-17)29(30,31)32)26(37)33-16-18-8-11-20-14-22(18)28(20,4)5/h6-7,9-10,12-13,18,20-22,24-25,34H,8,11,14-16H2,1-5H3,(H,33,37)/t18-,20-,21+,22+,24-,25-/m0/s1. The van der Waals surface area contributed by atoms with Crippen molar-refractivity contribution < 1.29 is 18.0 Å². The van der Waals surface area contributed by atoms with Crippen molar-refractivity contribution in [3.05, 3.63) is 53.3 Å². The van der Waals surface area contributed by atoms with E-state index in [2.05, 4.69) is 45.3 Å². The molecule has 1 aromatic heterocycles. The summed E-state index contributed by atoms with van der Waals surface area (Å²) in [5, 5.41) is 11.5. The summed E-state index contributed by atoms with van der Waals surface area (Å²) in [6.07, 6.45) is 1.76. The van der Waals surface area contributed by atoms with Crippen LogP contribution in [0.3, 0.4) is 0 Å². The van der Waals surface area contributed by atoms with E-state index in [1.165, 1.54) is 25.0 Å².